The van der Waals surface area contributed by atoms with Gasteiger partial charge in [-0.2, -0.15) is 0 Å². The van der Waals surface area contributed by atoms with Gasteiger partial charge >= 0.3 is 0 Å². The molecule has 0 radical (unpaired) electrons. The number of nitrogens with one attached hydrogen (secondary N) is 1. The maximum atomic E-state index is 12.7. The standard InChI is InChI=1S/C20H27N3O4S/c1-3-9-27-13-14(24)11-23(8-10-26-2)12-17-21-19(25)18-15-6-4-5-7-16(15)28-20(18)22-17/h1,14,24H,4-13H2,2H3,(H,21,22,25)/t14-/m1/s1. The molecule has 0 saturated heterocycles. The van der Waals surface area contributed by atoms with E-state index in [-0.39, 0.29) is 18.8 Å². The number of hydrogen-bond acceptors (Lipinski definition) is 7. The van der Waals surface area contributed by atoms with Crippen LogP contribution in [0.3, 0.4) is 0 Å². The fourth-order valence-electron chi connectivity index (χ4n) is 3.56. The van der Waals surface area contributed by atoms with E-state index in [1.54, 1.807) is 18.4 Å². The zero-order chi connectivity index (χ0) is 19.9. The van der Waals surface area contributed by atoms with E-state index < -0.39 is 6.10 Å². The first-order chi connectivity index (χ1) is 13.6. The molecule has 2 heterocycles. The van der Waals surface area contributed by atoms with Gasteiger partial charge in [0.05, 0.1) is 31.2 Å². The molecule has 3 rings (SSSR count). The summed E-state index contributed by atoms with van der Waals surface area (Å²) in [6.07, 6.45) is 8.77. The number of aliphatic hydroxyl groups excluding tert-OH is 1. The highest BCUT2D eigenvalue weighted by atomic mass is 32.1. The van der Waals surface area contributed by atoms with Gasteiger partial charge in [0.1, 0.15) is 17.3 Å². The third-order valence-electron chi connectivity index (χ3n) is 4.82. The molecular formula is C20H27N3O4S. The van der Waals surface area contributed by atoms with E-state index in [2.05, 4.69) is 10.9 Å². The number of aliphatic hydroxyl groups is 1. The Morgan fingerprint density at radius 3 is 3.04 bits per heavy atom. The molecule has 0 spiro atoms. The van der Waals surface area contributed by atoms with Crippen molar-refractivity contribution in [3.05, 3.63) is 26.6 Å². The van der Waals surface area contributed by atoms with Gasteiger partial charge in [-0.25, -0.2) is 4.98 Å². The monoisotopic (exact) mass is 405 g/mol. The molecule has 0 aromatic carbocycles. The summed E-state index contributed by atoms with van der Waals surface area (Å²) >= 11 is 1.64. The van der Waals surface area contributed by atoms with Crippen LogP contribution in [0.15, 0.2) is 4.79 Å². The number of rotatable bonds is 10. The number of fused-ring (bicyclic) bond motifs is 3. The number of terminal acetylenes is 1. The Balaban J connectivity index is 1.75. The van der Waals surface area contributed by atoms with E-state index in [1.165, 1.54) is 16.9 Å². The Kier molecular flexibility index (Phi) is 7.59. The number of aromatic nitrogens is 2. The summed E-state index contributed by atoms with van der Waals surface area (Å²) < 4.78 is 10.4. The second-order valence-corrected chi connectivity index (χ2v) is 8.09. The van der Waals surface area contributed by atoms with Crippen molar-refractivity contribution >= 4 is 21.6 Å². The van der Waals surface area contributed by atoms with Crippen LogP contribution < -0.4 is 5.56 Å². The largest absolute Gasteiger partial charge is 0.389 e. The third-order valence-corrected chi connectivity index (χ3v) is 6.01. The van der Waals surface area contributed by atoms with Gasteiger partial charge in [-0.15, -0.1) is 17.8 Å². The second-order valence-electron chi connectivity index (χ2n) is 7.00. The van der Waals surface area contributed by atoms with E-state index >= 15 is 0 Å². The summed E-state index contributed by atoms with van der Waals surface area (Å²) in [4.78, 5) is 24.5. The Labute approximate surface area is 168 Å². The fraction of sp³-hybridized carbons (Fsp3) is 0.600. The molecule has 0 aliphatic heterocycles. The van der Waals surface area contributed by atoms with Crippen LogP contribution in [0.4, 0.5) is 0 Å². The van der Waals surface area contributed by atoms with Gasteiger partial charge in [0.2, 0.25) is 0 Å². The molecule has 152 valence electrons. The lowest BCUT2D eigenvalue weighted by molar-refractivity contribution is 0.0202. The predicted molar refractivity (Wildman–Crippen MR) is 110 cm³/mol. The first kappa shape index (κ1) is 21.0. The van der Waals surface area contributed by atoms with Crippen LogP contribution in [0, 0.1) is 12.3 Å². The number of aryl methyl sites for hydroxylation is 2. The molecule has 7 nitrogen and oxygen atoms in total. The quantitative estimate of drug-likeness (QED) is 0.458. The highest BCUT2D eigenvalue weighted by Crippen LogP contribution is 2.33. The molecule has 0 bridgehead atoms. The summed E-state index contributed by atoms with van der Waals surface area (Å²) in [6, 6.07) is 0. The highest BCUT2D eigenvalue weighted by Gasteiger charge is 2.21. The van der Waals surface area contributed by atoms with E-state index in [4.69, 9.17) is 20.9 Å². The summed E-state index contributed by atoms with van der Waals surface area (Å²) in [5, 5.41) is 11.0. The molecule has 0 saturated carbocycles. The molecule has 1 aliphatic rings. The lowest BCUT2D eigenvalue weighted by atomic mass is 9.97. The van der Waals surface area contributed by atoms with Crippen molar-refractivity contribution < 1.29 is 14.6 Å². The Bertz CT molecular complexity index is 886. The van der Waals surface area contributed by atoms with Crippen molar-refractivity contribution in [1.82, 2.24) is 14.9 Å². The van der Waals surface area contributed by atoms with Gasteiger partial charge in [-0.3, -0.25) is 9.69 Å². The molecular weight excluding hydrogens is 378 g/mol. The summed E-state index contributed by atoms with van der Waals surface area (Å²) in [5.41, 5.74) is 1.12. The molecule has 0 amide bonds. The lowest BCUT2D eigenvalue weighted by Crippen LogP contribution is -2.37. The van der Waals surface area contributed by atoms with Crippen LogP contribution in [0.1, 0.15) is 29.1 Å². The van der Waals surface area contributed by atoms with E-state index in [9.17, 15) is 9.90 Å². The van der Waals surface area contributed by atoms with Gasteiger partial charge in [0.15, 0.2) is 0 Å². The van der Waals surface area contributed by atoms with Crippen LogP contribution in [0.2, 0.25) is 0 Å². The lowest BCUT2D eigenvalue weighted by Gasteiger charge is -2.24. The number of H-pyrrole nitrogens is 1. The number of aromatic amines is 1. The molecule has 1 aliphatic carbocycles. The van der Waals surface area contributed by atoms with Gasteiger partial charge < -0.3 is 19.6 Å². The molecule has 2 aromatic heterocycles. The number of hydrogen-bond donors (Lipinski definition) is 2. The SMILES string of the molecule is C#CCOC[C@H](O)CN(CCOC)Cc1nc2sc3c(c2c(=O)[nH]1)CCCC3. The summed E-state index contributed by atoms with van der Waals surface area (Å²) in [6.45, 7) is 2.24. The highest BCUT2D eigenvalue weighted by molar-refractivity contribution is 7.18. The molecule has 1 atom stereocenters. The van der Waals surface area contributed by atoms with E-state index in [0.717, 1.165) is 29.5 Å². The average molecular weight is 406 g/mol. The van der Waals surface area contributed by atoms with Crippen LogP contribution >= 0.6 is 11.3 Å². The van der Waals surface area contributed by atoms with E-state index in [1.807, 2.05) is 4.90 Å². The van der Waals surface area contributed by atoms with Gasteiger partial charge in [0, 0.05) is 25.1 Å². The van der Waals surface area contributed by atoms with Crippen LogP contribution in [0.5, 0.6) is 0 Å². The molecule has 0 fully saturated rings. The Hall–Kier alpha value is -1.76. The molecule has 2 aromatic rings. The zero-order valence-corrected chi connectivity index (χ0v) is 17.0. The van der Waals surface area contributed by atoms with Crippen molar-refractivity contribution in [2.75, 3.05) is 40.0 Å². The second kappa shape index (κ2) is 10.1. The van der Waals surface area contributed by atoms with Crippen LogP contribution in [-0.4, -0.2) is 66.1 Å². The minimum atomic E-state index is -0.685. The van der Waals surface area contributed by atoms with Gasteiger partial charge in [0.25, 0.3) is 5.56 Å². The molecule has 2 N–H and O–H groups in total. The minimum Gasteiger partial charge on any atom is -0.389 e. The van der Waals surface area contributed by atoms with Crippen molar-refractivity contribution in [2.45, 2.75) is 38.3 Å². The zero-order valence-electron chi connectivity index (χ0n) is 16.2. The molecule has 0 unspecified atom stereocenters. The maximum Gasteiger partial charge on any atom is 0.259 e. The Morgan fingerprint density at radius 2 is 2.25 bits per heavy atom. The van der Waals surface area contributed by atoms with Crippen LogP contribution in [0.25, 0.3) is 10.2 Å². The topological polar surface area (TPSA) is 87.7 Å². The van der Waals surface area contributed by atoms with Gasteiger partial charge in [-0.05, 0) is 31.2 Å². The van der Waals surface area contributed by atoms with E-state index in [0.29, 0.717) is 32.1 Å². The van der Waals surface area contributed by atoms with Crippen LogP contribution in [-0.2, 0) is 28.9 Å². The minimum absolute atomic E-state index is 0.0657. The number of thiophene rings is 1. The van der Waals surface area contributed by atoms with Gasteiger partial charge in [-0.1, -0.05) is 5.92 Å². The van der Waals surface area contributed by atoms with Crippen molar-refractivity contribution in [2.24, 2.45) is 0 Å². The smallest absolute Gasteiger partial charge is 0.259 e. The molecule has 8 heteroatoms. The normalized spacial score (nSPS) is 14.9. The Morgan fingerprint density at radius 1 is 1.43 bits per heavy atom. The summed E-state index contributed by atoms with van der Waals surface area (Å²) in [5.74, 6) is 2.98. The number of ether oxygens (including phenoxy) is 2. The summed E-state index contributed by atoms with van der Waals surface area (Å²) in [7, 11) is 1.63. The third kappa shape index (κ3) is 5.19. The van der Waals surface area contributed by atoms with Crippen molar-refractivity contribution in [3.63, 3.8) is 0 Å². The molecule has 28 heavy (non-hydrogen) atoms. The first-order valence-electron chi connectivity index (χ1n) is 9.56. The maximum absolute atomic E-state index is 12.7. The first-order valence-corrected chi connectivity index (χ1v) is 10.4. The van der Waals surface area contributed by atoms with Crippen molar-refractivity contribution in [1.29, 1.82) is 0 Å². The number of nitrogens with zero attached hydrogens (tertiary/aromatic N) is 2. The van der Waals surface area contributed by atoms with Crippen molar-refractivity contribution in [3.8, 4) is 12.3 Å². The fourth-order valence-corrected chi connectivity index (χ4v) is 4.84. The predicted octanol–water partition coefficient (Wildman–Crippen LogP) is 1.32. The number of methoxy groups -OCH3 is 1. The average Bonchev–Trinajstić information content (AvgIpc) is 3.05.